The Morgan fingerprint density at radius 2 is 2.07 bits per heavy atom. The van der Waals surface area contributed by atoms with E-state index in [1.54, 1.807) is 13.0 Å². The Morgan fingerprint density at radius 3 is 2.47 bits per heavy atom. The summed E-state index contributed by atoms with van der Waals surface area (Å²) in [6, 6.07) is 0. The fourth-order valence-electron chi connectivity index (χ4n) is 1.57. The van der Waals surface area contributed by atoms with E-state index in [0.717, 1.165) is 19.3 Å². The average Bonchev–Trinajstić information content (AvgIpc) is 2.16. The molecule has 0 bridgehead atoms. The van der Waals surface area contributed by atoms with Crippen molar-refractivity contribution < 1.29 is 19.1 Å². The Morgan fingerprint density at radius 1 is 1.40 bits per heavy atom. The number of methoxy groups -OCH3 is 1. The van der Waals surface area contributed by atoms with E-state index in [2.05, 4.69) is 4.74 Å². The Hall–Kier alpha value is -1.32. The largest absolute Gasteiger partial charge is 0.466 e. The highest BCUT2D eigenvalue weighted by Crippen LogP contribution is 2.43. The SMILES string of the molecule is CCOC(=O)C1(/C=C/C(=O)OC)CCC1. The molecule has 1 aliphatic rings. The van der Waals surface area contributed by atoms with Crippen molar-refractivity contribution in [2.75, 3.05) is 13.7 Å². The fraction of sp³-hybridized carbons (Fsp3) is 0.636. The maximum Gasteiger partial charge on any atom is 0.330 e. The van der Waals surface area contributed by atoms with Crippen molar-refractivity contribution in [3.05, 3.63) is 12.2 Å². The maximum absolute atomic E-state index is 11.6. The van der Waals surface area contributed by atoms with E-state index < -0.39 is 11.4 Å². The van der Waals surface area contributed by atoms with Crippen molar-refractivity contribution in [3.8, 4) is 0 Å². The molecule has 0 atom stereocenters. The first-order valence-electron chi connectivity index (χ1n) is 5.09. The third-order valence-electron chi connectivity index (χ3n) is 2.67. The number of ether oxygens (including phenoxy) is 2. The quantitative estimate of drug-likeness (QED) is 0.522. The summed E-state index contributed by atoms with van der Waals surface area (Å²) in [7, 11) is 1.31. The number of rotatable bonds is 4. The second-order valence-corrected chi connectivity index (χ2v) is 3.59. The van der Waals surface area contributed by atoms with Crippen LogP contribution in [0.3, 0.4) is 0 Å². The standard InChI is InChI=1S/C11H16O4/c1-3-15-10(13)11(6-4-7-11)8-5-9(12)14-2/h5,8H,3-4,6-7H2,1-2H3/b8-5+. The molecule has 1 aliphatic carbocycles. The van der Waals surface area contributed by atoms with Crippen LogP contribution in [0.2, 0.25) is 0 Å². The summed E-state index contributed by atoms with van der Waals surface area (Å²) in [5.41, 5.74) is -0.579. The topological polar surface area (TPSA) is 52.6 Å². The minimum absolute atomic E-state index is 0.239. The molecule has 15 heavy (non-hydrogen) atoms. The van der Waals surface area contributed by atoms with Crippen LogP contribution in [0, 0.1) is 5.41 Å². The predicted octanol–water partition coefficient (Wildman–Crippen LogP) is 1.45. The Kier molecular flexibility index (Phi) is 3.88. The zero-order valence-corrected chi connectivity index (χ0v) is 9.12. The number of hydrogen-bond donors (Lipinski definition) is 0. The molecule has 0 aromatic rings. The van der Waals surface area contributed by atoms with Gasteiger partial charge in [-0.15, -0.1) is 0 Å². The summed E-state index contributed by atoms with van der Waals surface area (Å²) in [6.07, 6.45) is 5.40. The summed E-state index contributed by atoms with van der Waals surface area (Å²) in [5, 5.41) is 0. The Bertz CT molecular complexity index is 276. The molecule has 0 aliphatic heterocycles. The first-order valence-corrected chi connectivity index (χ1v) is 5.09. The highest BCUT2D eigenvalue weighted by molar-refractivity contribution is 5.85. The van der Waals surface area contributed by atoms with Gasteiger partial charge in [-0.2, -0.15) is 0 Å². The van der Waals surface area contributed by atoms with Crippen LogP contribution in [0.25, 0.3) is 0 Å². The molecule has 84 valence electrons. The first kappa shape index (κ1) is 11.8. The Balaban J connectivity index is 2.64. The van der Waals surface area contributed by atoms with E-state index in [9.17, 15) is 9.59 Å². The lowest BCUT2D eigenvalue weighted by molar-refractivity contribution is -0.156. The summed E-state index contributed by atoms with van der Waals surface area (Å²) in [4.78, 5) is 22.5. The van der Waals surface area contributed by atoms with E-state index in [4.69, 9.17) is 4.74 Å². The molecule has 0 heterocycles. The highest BCUT2D eigenvalue weighted by atomic mass is 16.5. The van der Waals surface area contributed by atoms with Crippen LogP contribution < -0.4 is 0 Å². The molecule has 0 amide bonds. The molecule has 1 fully saturated rings. The predicted molar refractivity (Wildman–Crippen MR) is 54.1 cm³/mol. The van der Waals surface area contributed by atoms with Gasteiger partial charge in [-0.05, 0) is 19.8 Å². The lowest BCUT2D eigenvalue weighted by atomic mass is 9.68. The zero-order chi connectivity index (χ0) is 11.3. The molecule has 0 aromatic heterocycles. The number of carbonyl (C=O) groups is 2. The molecular formula is C11H16O4. The summed E-state index contributed by atoms with van der Waals surface area (Å²) >= 11 is 0. The summed E-state index contributed by atoms with van der Waals surface area (Å²) < 4.78 is 9.45. The van der Waals surface area contributed by atoms with E-state index >= 15 is 0 Å². The van der Waals surface area contributed by atoms with Gasteiger partial charge in [0.1, 0.15) is 0 Å². The molecule has 0 N–H and O–H groups in total. The van der Waals surface area contributed by atoms with E-state index in [0.29, 0.717) is 6.61 Å². The van der Waals surface area contributed by atoms with Crippen molar-refractivity contribution in [3.63, 3.8) is 0 Å². The van der Waals surface area contributed by atoms with E-state index in [-0.39, 0.29) is 5.97 Å². The third-order valence-corrected chi connectivity index (χ3v) is 2.67. The molecule has 4 nitrogen and oxygen atoms in total. The van der Waals surface area contributed by atoms with Gasteiger partial charge in [0.2, 0.25) is 0 Å². The summed E-state index contributed by atoms with van der Waals surface area (Å²) in [6.45, 7) is 2.14. The van der Waals surface area contributed by atoms with Crippen molar-refractivity contribution in [2.45, 2.75) is 26.2 Å². The molecule has 1 saturated carbocycles. The minimum Gasteiger partial charge on any atom is -0.466 e. The number of hydrogen-bond acceptors (Lipinski definition) is 4. The minimum atomic E-state index is -0.579. The zero-order valence-electron chi connectivity index (χ0n) is 9.12. The molecule has 0 radical (unpaired) electrons. The number of carbonyl (C=O) groups excluding carboxylic acids is 2. The van der Waals surface area contributed by atoms with Gasteiger partial charge in [-0.25, -0.2) is 4.79 Å². The smallest absolute Gasteiger partial charge is 0.330 e. The lowest BCUT2D eigenvalue weighted by Crippen LogP contribution is -2.37. The second kappa shape index (κ2) is 4.96. The maximum atomic E-state index is 11.6. The second-order valence-electron chi connectivity index (χ2n) is 3.59. The van der Waals surface area contributed by atoms with Gasteiger partial charge in [0.05, 0.1) is 19.1 Å². The van der Waals surface area contributed by atoms with Crippen molar-refractivity contribution in [2.24, 2.45) is 5.41 Å². The molecular weight excluding hydrogens is 196 g/mol. The molecule has 4 heteroatoms. The third kappa shape index (κ3) is 2.58. The van der Waals surface area contributed by atoms with E-state index in [1.165, 1.54) is 13.2 Å². The lowest BCUT2D eigenvalue weighted by Gasteiger charge is -2.36. The van der Waals surface area contributed by atoms with Crippen LogP contribution in [-0.2, 0) is 19.1 Å². The van der Waals surface area contributed by atoms with Crippen LogP contribution >= 0.6 is 0 Å². The molecule has 0 saturated heterocycles. The average molecular weight is 212 g/mol. The van der Waals surface area contributed by atoms with Crippen molar-refractivity contribution in [1.29, 1.82) is 0 Å². The monoisotopic (exact) mass is 212 g/mol. The van der Waals surface area contributed by atoms with Gasteiger partial charge in [-0.1, -0.05) is 12.5 Å². The van der Waals surface area contributed by atoms with Gasteiger partial charge >= 0.3 is 11.9 Å². The van der Waals surface area contributed by atoms with Gasteiger partial charge < -0.3 is 9.47 Å². The molecule has 0 spiro atoms. The number of esters is 2. The summed E-state index contributed by atoms with van der Waals surface area (Å²) in [5.74, 6) is -0.679. The van der Waals surface area contributed by atoms with Gasteiger partial charge in [0, 0.05) is 6.08 Å². The first-order chi connectivity index (χ1) is 7.14. The van der Waals surface area contributed by atoms with Crippen LogP contribution in [0.1, 0.15) is 26.2 Å². The molecule has 0 aromatic carbocycles. The van der Waals surface area contributed by atoms with Crippen LogP contribution in [0.5, 0.6) is 0 Å². The van der Waals surface area contributed by atoms with Gasteiger partial charge in [0.25, 0.3) is 0 Å². The van der Waals surface area contributed by atoms with Gasteiger partial charge in [-0.3, -0.25) is 4.79 Å². The normalized spacial score (nSPS) is 18.3. The van der Waals surface area contributed by atoms with Crippen LogP contribution in [0.15, 0.2) is 12.2 Å². The Labute approximate surface area is 89.2 Å². The highest BCUT2D eigenvalue weighted by Gasteiger charge is 2.43. The fourth-order valence-corrected chi connectivity index (χ4v) is 1.57. The molecule has 0 unspecified atom stereocenters. The van der Waals surface area contributed by atoms with Gasteiger partial charge in [0.15, 0.2) is 0 Å². The van der Waals surface area contributed by atoms with Crippen LogP contribution in [0.4, 0.5) is 0 Å². The van der Waals surface area contributed by atoms with Crippen molar-refractivity contribution in [1.82, 2.24) is 0 Å². The van der Waals surface area contributed by atoms with Crippen molar-refractivity contribution >= 4 is 11.9 Å². The van der Waals surface area contributed by atoms with Crippen LogP contribution in [-0.4, -0.2) is 25.7 Å². The molecule has 1 rings (SSSR count). The van der Waals surface area contributed by atoms with E-state index in [1.807, 2.05) is 0 Å².